The van der Waals surface area contributed by atoms with Crippen molar-refractivity contribution in [2.75, 3.05) is 7.05 Å². The quantitative estimate of drug-likeness (QED) is 0.886. The third-order valence-electron chi connectivity index (χ3n) is 5.33. The number of hydrogen-bond acceptors (Lipinski definition) is 3. The van der Waals surface area contributed by atoms with E-state index in [1.54, 1.807) is 0 Å². The molecular weight excluding hydrogens is 296 g/mol. The molecule has 1 aliphatic heterocycles. The largest absolute Gasteiger partial charge is 0.316 e. The molecule has 2 aliphatic rings. The summed E-state index contributed by atoms with van der Waals surface area (Å²) in [4.78, 5) is 17.8. The van der Waals surface area contributed by atoms with Crippen LogP contribution in [0.3, 0.4) is 0 Å². The van der Waals surface area contributed by atoms with E-state index in [9.17, 15) is 4.79 Å². The molecule has 0 spiro atoms. The van der Waals surface area contributed by atoms with E-state index < -0.39 is 0 Å². The van der Waals surface area contributed by atoms with E-state index in [1.807, 2.05) is 7.05 Å². The minimum atomic E-state index is -0.111. The Morgan fingerprint density at radius 1 is 1.25 bits per heavy atom. The first-order valence-corrected chi connectivity index (χ1v) is 9.37. The average molecular weight is 326 g/mol. The zero-order valence-corrected chi connectivity index (χ0v) is 15.3. The fourth-order valence-corrected chi connectivity index (χ4v) is 4.16. The molecule has 1 N–H and O–H groups in total. The molecule has 3 nitrogen and oxygen atoms in total. The second-order valence-electron chi connectivity index (χ2n) is 8.05. The Kier molecular flexibility index (Phi) is 5.19. The number of nitrogens with zero attached hydrogens (tertiary/aromatic N) is 1. The highest BCUT2D eigenvalue weighted by atomic mass is 16.1. The van der Waals surface area contributed by atoms with E-state index in [1.165, 1.54) is 36.0 Å². The predicted molar refractivity (Wildman–Crippen MR) is 99.7 cm³/mol. The van der Waals surface area contributed by atoms with Gasteiger partial charge in [0.15, 0.2) is 0 Å². The molecule has 1 fully saturated rings. The standard InChI is InChI=1S/C21H30N2O/c1-21(2)13-17-10-9-15(14-22-3)11-18(17)19(23-21)12-20(24)16-7-5-4-6-8-16/h9-11,16,22H,4-8,12-14H2,1-3H3. The smallest absolute Gasteiger partial charge is 0.141 e. The number of carbonyl (C=O) groups is 1. The predicted octanol–water partition coefficient (Wildman–Crippen LogP) is 4.07. The highest BCUT2D eigenvalue weighted by Crippen LogP contribution is 2.31. The molecule has 1 heterocycles. The summed E-state index contributed by atoms with van der Waals surface area (Å²) in [5, 5.41) is 3.21. The average Bonchev–Trinajstić information content (AvgIpc) is 2.55. The maximum atomic E-state index is 12.8. The van der Waals surface area contributed by atoms with Gasteiger partial charge in [-0.25, -0.2) is 0 Å². The van der Waals surface area contributed by atoms with Gasteiger partial charge < -0.3 is 5.32 Å². The summed E-state index contributed by atoms with van der Waals surface area (Å²) in [7, 11) is 1.96. The Bertz CT molecular complexity index is 639. The summed E-state index contributed by atoms with van der Waals surface area (Å²) in [5.41, 5.74) is 4.69. The van der Waals surface area contributed by atoms with E-state index in [-0.39, 0.29) is 11.5 Å². The van der Waals surface area contributed by atoms with Gasteiger partial charge in [-0.05, 0) is 62.9 Å². The van der Waals surface area contributed by atoms with Crippen LogP contribution in [0.1, 0.15) is 69.1 Å². The third kappa shape index (κ3) is 3.94. The van der Waals surface area contributed by atoms with Crippen LogP contribution in [0.25, 0.3) is 0 Å². The van der Waals surface area contributed by atoms with Crippen LogP contribution in [0.4, 0.5) is 0 Å². The Labute approximate surface area is 146 Å². The number of aliphatic imine (C=N–C) groups is 1. The van der Waals surface area contributed by atoms with E-state index in [4.69, 9.17) is 4.99 Å². The lowest BCUT2D eigenvalue weighted by atomic mass is 9.81. The SMILES string of the molecule is CNCc1ccc2c(c1)C(CC(=O)C1CCCCC1)=NC(C)(C)C2. The number of rotatable bonds is 5. The number of fused-ring (bicyclic) bond motifs is 1. The van der Waals surface area contributed by atoms with Crippen molar-refractivity contribution >= 4 is 11.5 Å². The molecule has 1 aliphatic carbocycles. The summed E-state index contributed by atoms with van der Waals surface area (Å²) >= 11 is 0. The molecule has 0 radical (unpaired) electrons. The maximum absolute atomic E-state index is 12.8. The zero-order valence-electron chi connectivity index (χ0n) is 15.3. The van der Waals surface area contributed by atoms with Crippen LogP contribution in [0, 0.1) is 5.92 Å². The molecule has 0 amide bonds. The Morgan fingerprint density at radius 3 is 2.71 bits per heavy atom. The normalized spacial score (nSPS) is 20.4. The third-order valence-corrected chi connectivity index (χ3v) is 5.33. The monoisotopic (exact) mass is 326 g/mol. The van der Waals surface area contributed by atoms with Crippen LogP contribution in [-0.4, -0.2) is 24.1 Å². The summed E-state index contributed by atoms with van der Waals surface area (Å²) in [6.45, 7) is 5.19. The molecule has 0 aromatic heterocycles. The van der Waals surface area contributed by atoms with Crippen molar-refractivity contribution in [1.29, 1.82) is 0 Å². The van der Waals surface area contributed by atoms with Gasteiger partial charge in [-0.15, -0.1) is 0 Å². The highest BCUT2D eigenvalue weighted by Gasteiger charge is 2.29. The minimum absolute atomic E-state index is 0.111. The molecule has 3 rings (SSSR count). The molecule has 0 atom stereocenters. The highest BCUT2D eigenvalue weighted by molar-refractivity contribution is 6.13. The van der Waals surface area contributed by atoms with Crippen molar-refractivity contribution in [1.82, 2.24) is 5.32 Å². The van der Waals surface area contributed by atoms with Crippen LogP contribution in [0.2, 0.25) is 0 Å². The van der Waals surface area contributed by atoms with Crippen molar-refractivity contribution in [3.8, 4) is 0 Å². The summed E-state index contributed by atoms with van der Waals surface area (Å²) < 4.78 is 0. The number of hydrogen-bond donors (Lipinski definition) is 1. The summed E-state index contributed by atoms with van der Waals surface area (Å²) in [6.07, 6.45) is 7.29. The van der Waals surface area contributed by atoms with Gasteiger partial charge in [-0.2, -0.15) is 0 Å². The summed E-state index contributed by atoms with van der Waals surface area (Å²) in [6, 6.07) is 6.65. The second-order valence-corrected chi connectivity index (χ2v) is 8.05. The minimum Gasteiger partial charge on any atom is -0.316 e. The van der Waals surface area contributed by atoms with Crippen molar-refractivity contribution in [3.63, 3.8) is 0 Å². The number of benzene rings is 1. The lowest BCUT2D eigenvalue weighted by Gasteiger charge is -2.30. The molecule has 1 aromatic rings. The lowest BCUT2D eigenvalue weighted by molar-refractivity contribution is -0.122. The Balaban J connectivity index is 1.86. The maximum Gasteiger partial charge on any atom is 0.141 e. The number of Topliss-reactive ketones (excluding diaryl/α,β-unsaturated/α-hetero) is 1. The number of ketones is 1. The van der Waals surface area contributed by atoms with Crippen molar-refractivity contribution in [2.24, 2.45) is 10.9 Å². The summed E-state index contributed by atoms with van der Waals surface area (Å²) in [5.74, 6) is 0.659. The Morgan fingerprint density at radius 2 is 2.00 bits per heavy atom. The van der Waals surface area contributed by atoms with E-state index in [0.29, 0.717) is 12.2 Å². The molecule has 1 aromatic carbocycles. The van der Waals surface area contributed by atoms with E-state index in [2.05, 4.69) is 37.4 Å². The number of carbonyl (C=O) groups excluding carboxylic acids is 1. The van der Waals surface area contributed by atoms with Gasteiger partial charge in [-0.1, -0.05) is 31.4 Å². The van der Waals surface area contributed by atoms with Gasteiger partial charge in [0.05, 0.1) is 11.3 Å². The van der Waals surface area contributed by atoms with Gasteiger partial charge in [0.25, 0.3) is 0 Å². The second kappa shape index (κ2) is 7.18. The van der Waals surface area contributed by atoms with Crippen molar-refractivity contribution < 1.29 is 4.79 Å². The van der Waals surface area contributed by atoms with E-state index in [0.717, 1.165) is 31.5 Å². The molecule has 24 heavy (non-hydrogen) atoms. The molecule has 1 saturated carbocycles. The molecule has 130 valence electrons. The van der Waals surface area contributed by atoms with Gasteiger partial charge in [0, 0.05) is 18.9 Å². The van der Waals surface area contributed by atoms with Crippen LogP contribution >= 0.6 is 0 Å². The van der Waals surface area contributed by atoms with Crippen molar-refractivity contribution in [3.05, 3.63) is 34.9 Å². The Hall–Kier alpha value is -1.48. The van der Waals surface area contributed by atoms with Crippen LogP contribution in [0.5, 0.6) is 0 Å². The van der Waals surface area contributed by atoms with Crippen LogP contribution < -0.4 is 5.32 Å². The van der Waals surface area contributed by atoms with Crippen LogP contribution in [0.15, 0.2) is 23.2 Å². The van der Waals surface area contributed by atoms with Crippen molar-refractivity contribution in [2.45, 2.75) is 70.9 Å². The fourth-order valence-electron chi connectivity index (χ4n) is 4.16. The number of nitrogens with one attached hydrogen (secondary N) is 1. The zero-order chi connectivity index (χ0) is 17.2. The van der Waals surface area contributed by atoms with Crippen LogP contribution in [-0.2, 0) is 17.8 Å². The van der Waals surface area contributed by atoms with Gasteiger partial charge in [0.2, 0.25) is 0 Å². The topological polar surface area (TPSA) is 41.5 Å². The molecule has 0 unspecified atom stereocenters. The lowest BCUT2D eigenvalue weighted by Crippen LogP contribution is -2.31. The molecular formula is C21H30N2O. The first-order chi connectivity index (χ1) is 11.5. The first kappa shape index (κ1) is 17.3. The fraction of sp³-hybridized carbons (Fsp3) is 0.619. The molecule has 3 heteroatoms. The van der Waals surface area contributed by atoms with E-state index >= 15 is 0 Å². The molecule has 0 bridgehead atoms. The van der Waals surface area contributed by atoms with Gasteiger partial charge in [0.1, 0.15) is 5.78 Å². The molecule has 0 saturated heterocycles. The van der Waals surface area contributed by atoms with Gasteiger partial charge >= 0.3 is 0 Å². The first-order valence-electron chi connectivity index (χ1n) is 9.37. The van der Waals surface area contributed by atoms with Gasteiger partial charge in [-0.3, -0.25) is 9.79 Å².